The highest BCUT2D eigenvalue weighted by Gasteiger charge is 2.50. The number of hydrogen-bond acceptors (Lipinski definition) is 11. The van der Waals surface area contributed by atoms with Gasteiger partial charge in [0, 0.05) is 19.3 Å². The maximum atomic E-state index is 13.2. The Labute approximate surface area is 492 Å². The van der Waals surface area contributed by atoms with Crippen LogP contribution in [0.15, 0.2) is 85.1 Å². The van der Waals surface area contributed by atoms with Gasteiger partial charge in [0.15, 0.2) is 24.6 Å². The van der Waals surface area contributed by atoms with Gasteiger partial charge in [0.25, 0.3) is 0 Å². The van der Waals surface area contributed by atoms with E-state index in [9.17, 15) is 34.5 Å². The Balaban J connectivity index is 2.66. The Morgan fingerprint density at radius 3 is 1.20 bits per heavy atom. The number of ether oxygens (including phenoxy) is 5. The average Bonchev–Trinajstić information content (AvgIpc) is 3.53. The number of carbonyl (C=O) groups excluding carboxylic acids is 3. The van der Waals surface area contributed by atoms with Gasteiger partial charge in [0.1, 0.15) is 18.8 Å². The summed E-state index contributed by atoms with van der Waals surface area (Å²) >= 11 is 0. The quantitative estimate of drug-likeness (QED) is 0.0228. The number of aliphatic hydroxyl groups excluding tert-OH is 2. The van der Waals surface area contributed by atoms with Crippen molar-refractivity contribution < 1.29 is 58.2 Å². The van der Waals surface area contributed by atoms with Gasteiger partial charge in [-0.1, -0.05) is 234 Å². The summed E-state index contributed by atoms with van der Waals surface area (Å²) in [5.41, 5.74) is 0. The lowest BCUT2D eigenvalue weighted by Gasteiger charge is -2.40. The Kier molecular flexibility index (Phi) is 52.1. The lowest BCUT2D eigenvalue weighted by atomic mass is 9.98. The molecule has 0 aromatic rings. The Morgan fingerprint density at radius 2 is 0.778 bits per heavy atom. The van der Waals surface area contributed by atoms with Crippen molar-refractivity contribution in [3.05, 3.63) is 85.1 Å². The van der Waals surface area contributed by atoms with Crippen molar-refractivity contribution in [3.63, 3.8) is 0 Å². The highest BCUT2D eigenvalue weighted by molar-refractivity contribution is 5.74. The monoisotopic (exact) mass is 1140 g/mol. The molecule has 1 aliphatic rings. The zero-order chi connectivity index (χ0) is 58.9. The fourth-order valence-corrected chi connectivity index (χ4v) is 9.51. The largest absolute Gasteiger partial charge is 0.479 e. The van der Waals surface area contributed by atoms with E-state index in [1.807, 2.05) is 0 Å². The van der Waals surface area contributed by atoms with E-state index in [0.717, 1.165) is 141 Å². The van der Waals surface area contributed by atoms with E-state index in [2.05, 4.69) is 106 Å². The van der Waals surface area contributed by atoms with Crippen LogP contribution in [0, 0.1) is 0 Å². The van der Waals surface area contributed by atoms with Crippen molar-refractivity contribution in [2.75, 3.05) is 13.2 Å². The van der Waals surface area contributed by atoms with Crippen LogP contribution in [0.5, 0.6) is 0 Å². The molecule has 464 valence electrons. The molecule has 0 radical (unpaired) electrons. The first-order valence-corrected chi connectivity index (χ1v) is 32.6. The number of hydrogen-bond donors (Lipinski definition) is 3. The number of carboxylic acid groups (broad SMARTS) is 1. The van der Waals surface area contributed by atoms with Crippen LogP contribution in [0.1, 0.15) is 278 Å². The van der Waals surface area contributed by atoms with E-state index in [1.54, 1.807) is 0 Å². The zero-order valence-corrected chi connectivity index (χ0v) is 51.3. The second kappa shape index (κ2) is 56.4. The van der Waals surface area contributed by atoms with Crippen molar-refractivity contribution >= 4 is 23.9 Å². The molecule has 0 spiro atoms. The molecule has 12 nitrogen and oxygen atoms in total. The molecule has 0 aromatic carbocycles. The lowest BCUT2D eigenvalue weighted by molar-refractivity contribution is -0.301. The summed E-state index contributed by atoms with van der Waals surface area (Å²) < 4.78 is 28.5. The molecule has 0 aliphatic carbocycles. The van der Waals surface area contributed by atoms with Gasteiger partial charge in [-0.25, -0.2) is 4.79 Å². The second-order valence-corrected chi connectivity index (χ2v) is 22.0. The summed E-state index contributed by atoms with van der Waals surface area (Å²) in [4.78, 5) is 51.3. The minimum Gasteiger partial charge on any atom is -0.479 e. The minimum atomic E-state index is -1.91. The summed E-state index contributed by atoms with van der Waals surface area (Å²) in [7, 11) is 0. The summed E-state index contributed by atoms with van der Waals surface area (Å²) in [5.74, 6) is -3.15. The van der Waals surface area contributed by atoms with E-state index < -0.39 is 67.3 Å². The molecule has 0 bridgehead atoms. The van der Waals surface area contributed by atoms with Gasteiger partial charge < -0.3 is 39.0 Å². The summed E-state index contributed by atoms with van der Waals surface area (Å²) in [5, 5.41) is 31.6. The molecule has 3 N–H and O–H groups in total. The fourth-order valence-electron chi connectivity index (χ4n) is 9.51. The van der Waals surface area contributed by atoms with Gasteiger partial charge in [-0.3, -0.25) is 14.4 Å². The van der Waals surface area contributed by atoms with Crippen molar-refractivity contribution in [1.82, 2.24) is 0 Å². The van der Waals surface area contributed by atoms with Crippen molar-refractivity contribution in [2.45, 2.75) is 314 Å². The molecule has 0 amide bonds. The Morgan fingerprint density at radius 1 is 0.420 bits per heavy atom. The van der Waals surface area contributed by atoms with Gasteiger partial charge in [0.2, 0.25) is 0 Å². The van der Waals surface area contributed by atoms with Gasteiger partial charge in [-0.15, -0.1) is 0 Å². The number of carbonyl (C=O) groups is 4. The van der Waals surface area contributed by atoms with Crippen molar-refractivity contribution in [3.8, 4) is 0 Å². The van der Waals surface area contributed by atoms with Crippen molar-refractivity contribution in [1.29, 1.82) is 0 Å². The number of aliphatic hydroxyl groups is 2. The topological polar surface area (TPSA) is 175 Å². The molecule has 1 saturated heterocycles. The second-order valence-electron chi connectivity index (χ2n) is 22.0. The minimum absolute atomic E-state index is 0.0533. The van der Waals surface area contributed by atoms with Crippen LogP contribution in [0.4, 0.5) is 0 Å². The standard InChI is InChI=1S/C69H116O12/c1-4-7-10-13-16-19-22-25-28-30-31-33-36-39-42-45-48-51-54-57-63(72)80-67-65(74)64(73)66(68(75)76)81-69(67)78-59-60(79-62(71)56-53-50-47-44-41-38-34-27-24-21-18-15-12-9-6-3)58-77-61(70)55-52-49-46-43-40-37-35-32-29-26-23-20-17-14-11-8-5-2/h8-9,11-12,17-18,20-21,25-29,34,60,64-67,69,73-74H,4-7,10,13-16,19,22-24,30-33,35-59H2,1-3H3,(H,75,76)/b11-8-,12-9-,20-17-,21-18-,28-25-,29-26-,34-27-. The Bertz CT molecular complexity index is 1730. The number of allylic oxidation sites excluding steroid dienone is 14. The highest BCUT2D eigenvalue weighted by Crippen LogP contribution is 2.27. The third kappa shape index (κ3) is 46.0. The molecule has 0 saturated carbocycles. The number of aliphatic carboxylic acids is 1. The van der Waals surface area contributed by atoms with Gasteiger partial charge >= 0.3 is 23.9 Å². The predicted octanol–water partition coefficient (Wildman–Crippen LogP) is 17.5. The van der Waals surface area contributed by atoms with E-state index in [1.165, 1.54) is 77.0 Å². The predicted molar refractivity (Wildman–Crippen MR) is 331 cm³/mol. The smallest absolute Gasteiger partial charge is 0.335 e. The average molecular weight is 1140 g/mol. The van der Waals surface area contributed by atoms with E-state index in [4.69, 9.17) is 23.7 Å². The molecule has 6 unspecified atom stereocenters. The van der Waals surface area contributed by atoms with Crippen LogP contribution in [0.2, 0.25) is 0 Å². The maximum absolute atomic E-state index is 13.2. The SMILES string of the molecule is CC/C=C\C/C=C\C/C=C\CCCCCCCCCC(=O)OCC(COC1OC(C(=O)O)C(O)C(O)C1OC(=O)CCCCCCCCCCC/C=C\CCCCCCCC)OC(=O)CCCCCCC/C=C\C/C=C\C/C=C\CC. The zero-order valence-electron chi connectivity index (χ0n) is 51.3. The molecular formula is C69H116O12. The highest BCUT2D eigenvalue weighted by atomic mass is 16.7. The van der Waals surface area contributed by atoms with Crippen LogP contribution >= 0.6 is 0 Å². The van der Waals surface area contributed by atoms with E-state index in [0.29, 0.717) is 19.3 Å². The number of esters is 3. The van der Waals surface area contributed by atoms with E-state index >= 15 is 0 Å². The number of unbranched alkanes of at least 4 members (excludes halogenated alkanes) is 27. The normalized spacial score (nSPS) is 18.3. The molecule has 1 rings (SSSR count). The molecule has 6 atom stereocenters. The summed E-state index contributed by atoms with van der Waals surface area (Å²) in [6, 6.07) is 0. The summed E-state index contributed by atoms with van der Waals surface area (Å²) in [6.07, 6.45) is 61.1. The van der Waals surface area contributed by atoms with Crippen LogP contribution in [0.3, 0.4) is 0 Å². The fraction of sp³-hybridized carbons (Fsp3) is 0.739. The molecule has 1 heterocycles. The van der Waals surface area contributed by atoms with Gasteiger partial charge in [0.05, 0.1) is 6.61 Å². The Hall–Kier alpha value is -4.10. The third-order valence-electron chi connectivity index (χ3n) is 14.4. The molecule has 1 aliphatic heterocycles. The number of carboxylic acids is 1. The van der Waals surface area contributed by atoms with Gasteiger partial charge in [-0.2, -0.15) is 0 Å². The van der Waals surface area contributed by atoms with Gasteiger partial charge in [-0.05, 0) is 109 Å². The van der Waals surface area contributed by atoms with Crippen LogP contribution in [0.25, 0.3) is 0 Å². The third-order valence-corrected chi connectivity index (χ3v) is 14.4. The maximum Gasteiger partial charge on any atom is 0.335 e. The van der Waals surface area contributed by atoms with Crippen LogP contribution < -0.4 is 0 Å². The van der Waals surface area contributed by atoms with Crippen LogP contribution in [-0.2, 0) is 42.9 Å². The molecule has 81 heavy (non-hydrogen) atoms. The lowest BCUT2D eigenvalue weighted by Crippen LogP contribution is -2.61. The first-order chi connectivity index (χ1) is 39.6. The van der Waals surface area contributed by atoms with Crippen LogP contribution in [-0.4, -0.2) is 89.2 Å². The molecule has 0 aromatic heterocycles. The first kappa shape index (κ1) is 74.9. The molecule has 1 fully saturated rings. The first-order valence-electron chi connectivity index (χ1n) is 32.6. The molecule has 12 heteroatoms. The molecular weight excluding hydrogens is 1020 g/mol. The van der Waals surface area contributed by atoms with Crippen molar-refractivity contribution in [2.24, 2.45) is 0 Å². The van der Waals surface area contributed by atoms with E-state index in [-0.39, 0.29) is 25.9 Å². The number of rotatable bonds is 55. The summed E-state index contributed by atoms with van der Waals surface area (Å²) in [6.45, 7) is 5.77.